The van der Waals surface area contributed by atoms with Crippen molar-refractivity contribution in [2.24, 2.45) is 5.73 Å². The molecule has 0 aliphatic rings. The van der Waals surface area contributed by atoms with Crippen LogP contribution in [0, 0.1) is 0 Å². The van der Waals surface area contributed by atoms with E-state index in [4.69, 9.17) is 28.9 Å². The third-order valence-corrected chi connectivity index (χ3v) is 5.51. The Labute approximate surface area is 177 Å². The minimum absolute atomic E-state index is 0.149. The van der Waals surface area contributed by atoms with Gasteiger partial charge in [0.05, 0.1) is 16.8 Å². The van der Waals surface area contributed by atoms with Gasteiger partial charge in [0.25, 0.3) is 5.91 Å². The fraction of sp³-hybridized carbons (Fsp3) is 0.211. The lowest BCUT2D eigenvalue weighted by molar-refractivity contribution is -0.120. The molecule has 0 aliphatic carbocycles. The summed E-state index contributed by atoms with van der Waals surface area (Å²) in [5.41, 5.74) is 6.22. The van der Waals surface area contributed by atoms with Gasteiger partial charge in [-0.3, -0.25) is 14.4 Å². The zero-order chi connectivity index (χ0) is 20.7. The van der Waals surface area contributed by atoms with Crippen molar-refractivity contribution in [2.75, 3.05) is 6.54 Å². The molecule has 148 valence electrons. The van der Waals surface area contributed by atoms with E-state index in [0.717, 1.165) is 10.5 Å². The first-order valence-corrected chi connectivity index (χ1v) is 9.94. The first-order valence-electron chi connectivity index (χ1n) is 8.31. The number of carbonyl (C=O) groups excluding carboxylic acids is 3. The molecule has 3 amide bonds. The van der Waals surface area contributed by atoms with Gasteiger partial charge >= 0.3 is 0 Å². The van der Waals surface area contributed by atoms with Crippen LogP contribution in [0.5, 0.6) is 0 Å². The van der Waals surface area contributed by atoms with E-state index >= 15 is 0 Å². The molecule has 2 rings (SSSR count). The second-order valence-corrected chi connectivity index (χ2v) is 8.12. The van der Waals surface area contributed by atoms with Crippen LogP contribution in [0.4, 0.5) is 0 Å². The van der Waals surface area contributed by atoms with Crippen molar-refractivity contribution in [3.63, 3.8) is 0 Å². The van der Waals surface area contributed by atoms with E-state index in [1.165, 1.54) is 11.8 Å². The average molecular weight is 440 g/mol. The van der Waals surface area contributed by atoms with Gasteiger partial charge in [-0.25, -0.2) is 0 Å². The van der Waals surface area contributed by atoms with Gasteiger partial charge in [-0.1, -0.05) is 35.3 Å². The SMILES string of the molecule is CC(Sc1cc(Cl)ccc1Cl)C(=O)NCc1ccc(C(=O)NCC(N)=O)cc1. The molecule has 0 heterocycles. The second kappa shape index (κ2) is 10.4. The average Bonchev–Trinajstić information content (AvgIpc) is 2.67. The molecule has 28 heavy (non-hydrogen) atoms. The van der Waals surface area contributed by atoms with Crippen molar-refractivity contribution in [1.29, 1.82) is 0 Å². The van der Waals surface area contributed by atoms with Gasteiger partial charge in [0.2, 0.25) is 11.8 Å². The third kappa shape index (κ3) is 6.74. The summed E-state index contributed by atoms with van der Waals surface area (Å²) in [6.07, 6.45) is 0. The molecule has 0 radical (unpaired) electrons. The number of nitrogens with one attached hydrogen (secondary N) is 2. The monoisotopic (exact) mass is 439 g/mol. The molecule has 0 saturated carbocycles. The molecule has 0 spiro atoms. The summed E-state index contributed by atoms with van der Waals surface area (Å²) in [6, 6.07) is 11.8. The number of rotatable bonds is 8. The van der Waals surface area contributed by atoms with Gasteiger partial charge in [-0.2, -0.15) is 0 Å². The maximum atomic E-state index is 12.3. The molecule has 0 aromatic heterocycles. The van der Waals surface area contributed by atoms with Crippen LogP contribution in [0.3, 0.4) is 0 Å². The largest absolute Gasteiger partial charge is 0.368 e. The van der Waals surface area contributed by atoms with Crippen LogP contribution >= 0.6 is 35.0 Å². The number of hydrogen-bond acceptors (Lipinski definition) is 4. The predicted octanol–water partition coefficient (Wildman–Crippen LogP) is 3.01. The molecule has 1 atom stereocenters. The first kappa shape index (κ1) is 22.1. The Bertz CT molecular complexity index is 875. The highest BCUT2D eigenvalue weighted by Crippen LogP contribution is 2.32. The van der Waals surface area contributed by atoms with Crippen molar-refractivity contribution in [3.8, 4) is 0 Å². The van der Waals surface area contributed by atoms with E-state index < -0.39 is 11.8 Å². The Morgan fingerprint density at radius 3 is 2.39 bits per heavy atom. The summed E-state index contributed by atoms with van der Waals surface area (Å²) >= 11 is 13.4. The maximum Gasteiger partial charge on any atom is 0.251 e. The Morgan fingerprint density at radius 1 is 1.07 bits per heavy atom. The van der Waals surface area contributed by atoms with Crippen LogP contribution in [-0.4, -0.2) is 29.5 Å². The molecule has 4 N–H and O–H groups in total. The van der Waals surface area contributed by atoms with E-state index in [2.05, 4.69) is 10.6 Å². The summed E-state index contributed by atoms with van der Waals surface area (Å²) in [5, 5.41) is 5.98. The van der Waals surface area contributed by atoms with Crippen LogP contribution in [0.2, 0.25) is 10.0 Å². The number of halogens is 2. The normalized spacial score (nSPS) is 11.5. The molecule has 0 fully saturated rings. The quantitative estimate of drug-likeness (QED) is 0.550. The molecule has 0 saturated heterocycles. The highest BCUT2D eigenvalue weighted by Gasteiger charge is 2.16. The summed E-state index contributed by atoms with van der Waals surface area (Å²) in [4.78, 5) is 35.6. The maximum absolute atomic E-state index is 12.3. The lowest BCUT2D eigenvalue weighted by Gasteiger charge is -2.13. The second-order valence-electron chi connectivity index (χ2n) is 5.90. The highest BCUT2D eigenvalue weighted by atomic mass is 35.5. The first-order chi connectivity index (χ1) is 13.3. The summed E-state index contributed by atoms with van der Waals surface area (Å²) in [7, 11) is 0. The Kier molecular flexibility index (Phi) is 8.17. The fourth-order valence-corrected chi connectivity index (χ4v) is 3.62. The van der Waals surface area contributed by atoms with Crippen LogP contribution in [-0.2, 0) is 16.1 Å². The number of amides is 3. The standard InChI is InChI=1S/C19H19Cl2N3O3S/c1-11(28-16-8-14(20)6-7-15(16)21)18(26)23-9-12-2-4-13(5-3-12)19(27)24-10-17(22)25/h2-8,11H,9-10H2,1H3,(H2,22,25)(H,23,26)(H,24,27). The fourth-order valence-electron chi connectivity index (χ4n) is 2.19. The van der Waals surface area contributed by atoms with Crippen LogP contribution < -0.4 is 16.4 Å². The molecular formula is C19H19Cl2N3O3S. The van der Waals surface area contributed by atoms with E-state index in [-0.39, 0.29) is 17.7 Å². The molecule has 1 unspecified atom stereocenters. The van der Waals surface area contributed by atoms with Crippen molar-refractivity contribution < 1.29 is 14.4 Å². The van der Waals surface area contributed by atoms with Gasteiger partial charge in [0.1, 0.15) is 0 Å². The van der Waals surface area contributed by atoms with Crippen molar-refractivity contribution in [1.82, 2.24) is 10.6 Å². The topological polar surface area (TPSA) is 101 Å². The molecule has 0 aliphatic heterocycles. The number of primary amides is 1. The zero-order valence-corrected chi connectivity index (χ0v) is 17.3. The van der Waals surface area contributed by atoms with E-state index in [9.17, 15) is 14.4 Å². The molecule has 9 heteroatoms. The summed E-state index contributed by atoms with van der Waals surface area (Å²) in [6.45, 7) is 1.88. The van der Waals surface area contributed by atoms with Gasteiger partial charge in [0.15, 0.2) is 0 Å². The Balaban J connectivity index is 1.87. The summed E-state index contributed by atoms with van der Waals surface area (Å²) in [5.74, 6) is -1.15. The number of thioether (sulfide) groups is 1. The molecule has 2 aromatic rings. The van der Waals surface area contributed by atoms with Crippen molar-refractivity contribution >= 4 is 52.7 Å². The van der Waals surface area contributed by atoms with E-state index in [1.807, 2.05) is 0 Å². The van der Waals surface area contributed by atoms with Gasteiger partial charge in [-0.15, -0.1) is 11.8 Å². The molecule has 6 nitrogen and oxygen atoms in total. The predicted molar refractivity (Wildman–Crippen MR) is 112 cm³/mol. The number of carbonyl (C=O) groups is 3. The van der Waals surface area contributed by atoms with Crippen molar-refractivity contribution in [3.05, 3.63) is 63.6 Å². The zero-order valence-electron chi connectivity index (χ0n) is 15.0. The molecular weight excluding hydrogens is 421 g/mol. The van der Waals surface area contributed by atoms with Gasteiger partial charge < -0.3 is 16.4 Å². The van der Waals surface area contributed by atoms with Crippen molar-refractivity contribution in [2.45, 2.75) is 23.6 Å². The summed E-state index contributed by atoms with van der Waals surface area (Å²) < 4.78 is 0. The van der Waals surface area contributed by atoms with Gasteiger partial charge in [-0.05, 0) is 42.8 Å². The Morgan fingerprint density at radius 2 is 1.75 bits per heavy atom. The Hall–Kier alpha value is -2.22. The lowest BCUT2D eigenvalue weighted by atomic mass is 10.1. The van der Waals surface area contributed by atoms with E-state index in [0.29, 0.717) is 22.2 Å². The van der Waals surface area contributed by atoms with Crippen LogP contribution in [0.1, 0.15) is 22.8 Å². The minimum Gasteiger partial charge on any atom is -0.368 e. The van der Waals surface area contributed by atoms with Crippen LogP contribution in [0.15, 0.2) is 47.4 Å². The van der Waals surface area contributed by atoms with Crippen LogP contribution in [0.25, 0.3) is 0 Å². The number of hydrogen-bond donors (Lipinski definition) is 3. The minimum atomic E-state index is -0.612. The van der Waals surface area contributed by atoms with E-state index in [1.54, 1.807) is 49.4 Å². The number of nitrogens with two attached hydrogens (primary N) is 1. The highest BCUT2D eigenvalue weighted by molar-refractivity contribution is 8.00. The lowest BCUT2D eigenvalue weighted by Crippen LogP contribution is -2.33. The third-order valence-electron chi connectivity index (χ3n) is 3.67. The van der Waals surface area contributed by atoms with Gasteiger partial charge in [0, 0.05) is 22.0 Å². The molecule has 0 bridgehead atoms. The molecule has 2 aromatic carbocycles. The smallest absolute Gasteiger partial charge is 0.251 e. The number of benzene rings is 2.